The summed E-state index contributed by atoms with van der Waals surface area (Å²) < 4.78 is 5.15. The molecule has 15 heavy (non-hydrogen) atoms. The molecule has 1 aliphatic rings. The third-order valence-electron chi connectivity index (χ3n) is 2.37. The van der Waals surface area contributed by atoms with E-state index < -0.39 is 11.5 Å². The van der Waals surface area contributed by atoms with E-state index in [1.165, 1.54) is 0 Å². The summed E-state index contributed by atoms with van der Waals surface area (Å²) in [5.41, 5.74) is -0.947. The highest BCUT2D eigenvalue weighted by molar-refractivity contribution is 5.86. The monoisotopic (exact) mass is 210 g/mol. The van der Waals surface area contributed by atoms with Crippen LogP contribution < -0.4 is 5.56 Å². The van der Waals surface area contributed by atoms with Gasteiger partial charge in [-0.15, -0.1) is 0 Å². The molecule has 2 N–H and O–H groups in total. The summed E-state index contributed by atoms with van der Waals surface area (Å²) >= 11 is 0. The van der Waals surface area contributed by atoms with Crippen molar-refractivity contribution in [1.82, 2.24) is 9.97 Å². The number of nitrogens with one attached hydrogen (secondary N) is 1. The highest BCUT2D eigenvalue weighted by Gasteiger charge is 2.21. The van der Waals surface area contributed by atoms with Crippen LogP contribution in [-0.4, -0.2) is 34.3 Å². The van der Waals surface area contributed by atoms with E-state index in [0.29, 0.717) is 19.0 Å². The van der Waals surface area contributed by atoms with E-state index in [1.54, 1.807) is 0 Å². The molecule has 1 aromatic heterocycles. The number of ether oxygens (including phenoxy) is 1. The zero-order valence-corrected chi connectivity index (χ0v) is 7.90. The van der Waals surface area contributed by atoms with Crippen molar-refractivity contribution in [2.75, 3.05) is 13.2 Å². The van der Waals surface area contributed by atoms with Crippen LogP contribution in [0.2, 0.25) is 0 Å². The first-order chi connectivity index (χ1) is 7.18. The van der Waals surface area contributed by atoms with Crippen LogP contribution in [0.4, 0.5) is 0 Å². The fourth-order valence-corrected chi connectivity index (χ4v) is 1.52. The molecule has 6 heteroatoms. The topological polar surface area (TPSA) is 92.3 Å². The lowest BCUT2D eigenvalue weighted by Crippen LogP contribution is -2.21. The molecule has 1 aliphatic heterocycles. The molecule has 1 aromatic rings. The van der Waals surface area contributed by atoms with Crippen molar-refractivity contribution < 1.29 is 14.6 Å². The van der Waals surface area contributed by atoms with Gasteiger partial charge >= 0.3 is 5.97 Å². The van der Waals surface area contributed by atoms with Gasteiger partial charge in [-0.3, -0.25) is 4.79 Å². The largest absolute Gasteiger partial charge is 0.477 e. The van der Waals surface area contributed by atoms with Gasteiger partial charge in [-0.1, -0.05) is 0 Å². The second kappa shape index (κ2) is 3.82. The maximum Gasteiger partial charge on any atom is 0.342 e. The Morgan fingerprint density at radius 1 is 1.67 bits per heavy atom. The van der Waals surface area contributed by atoms with Crippen LogP contribution in [0.1, 0.15) is 28.5 Å². The third-order valence-corrected chi connectivity index (χ3v) is 2.37. The lowest BCUT2D eigenvalue weighted by atomic mass is 10.1. The standard InChI is InChI=1S/C9H10N2O4/c12-8-6(9(13)14)3-10-7(11-8)5-1-2-15-4-5/h3,5H,1-2,4H2,(H,13,14)(H,10,11,12). The fourth-order valence-electron chi connectivity index (χ4n) is 1.52. The Morgan fingerprint density at radius 2 is 2.47 bits per heavy atom. The lowest BCUT2D eigenvalue weighted by Gasteiger charge is -2.05. The number of H-pyrrole nitrogens is 1. The molecule has 0 aromatic carbocycles. The highest BCUT2D eigenvalue weighted by Crippen LogP contribution is 2.20. The van der Waals surface area contributed by atoms with Crippen LogP contribution in [0, 0.1) is 0 Å². The minimum Gasteiger partial charge on any atom is -0.477 e. The minimum absolute atomic E-state index is 0.0699. The van der Waals surface area contributed by atoms with Crippen molar-refractivity contribution in [2.24, 2.45) is 0 Å². The molecule has 1 atom stereocenters. The van der Waals surface area contributed by atoms with Crippen molar-refractivity contribution in [3.05, 3.63) is 27.9 Å². The average Bonchev–Trinajstić information content (AvgIpc) is 2.69. The summed E-state index contributed by atoms with van der Waals surface area (Å²) in [5, 5.41) is 8.64. The molecule has 2 rings (SSSR count). The second-order valence-corrected chi connectivity index (χ2v) is 3.38. The fraction of sp³-hybridized carbons (Fsp3) is 0.444. The van der Waals surface area contributed by atoms with Gasteiger partial charge in [0.2, 0.25) is 0 Å². The molecule has 0 aliphatic carbocycles. The number of hydrogen-bond donors (Lipinski definition) is 2. The van der Waals surface area contributed by atoms with Crippen molar-refractivity contribution in [3.63, 3.8) is 0 Å². The second-order valence-electron chi connectivity index (χ2n) is 3.38. The molecule has 1 fully saturated rings. The van der Waals surface area contributed by atoms with Crippen LogP contribution in [0.15, 0.2) is 11.0 Å². The van der Waals surface area contributed by atoms with Gasteiger partial charge in [-0.2, -0.15) is 0 Å². The van der Waals surface area contributed by atoms with E-state index in [0.717, 1.165) is 12.6 Å². The van der Waals surface area contributed by atoms with Gasteiger partial charge in [-0.05, 0) is 6.42 Å². The number of aromatic nitrogens is 2. The van der Waals surface area contributed by atoms with Crippen molar-refractivity contribution in [2.45, 2.75) is 12.3 Å². The summed E-state index contributed by atoms with van der Waals surface area (Å²) in [4.78, 5) is 28.3. The molecule has 0 amide bonds. The van der Waals surface area contributed by atoms with Crippen molar-refractivity contribution in [1.29, 1.82) is 0 Å². The number of rotatable bonds is 2. The van der Waals surface area contributed by atoms with Crippen LogP contribution in [0.5, 0.6) is 0 Å². The van der Waals surface area contributed by atoms with Crippen molar-refractivity contribution >= 4 is 5.97 Å². The van der Waals surface area contributed by atoms with Gasteiger partial charge in [0.25, 0.3) is 5.56 Å². The normalized spacial score (nSPS) is 20.4. The molecule has 80 valence electrons. The predicted octanol–water partition coefficient (Wildman–Crippen LogP) is -0.0280. The smallest absolute Gasteiger partial charge is 0.342 e. The highest BCUT2D eigenvalue weighted by atomic mass is 16.5. The maximum absolute atomic E-state index is 11.3. The Bertz CT molecular complexity index is 434. The Labute approximate surface area is 84.9 Å². The van der Waals surface area contributed by atoms with E-state index in [9.17, 15) is 9.59 Å². The lowest BCUT2D eigenvalue weighted by molar-refractivity contribution is 0.0694. The van der Waals surface area contributed by atoms with Gasteiger partial charge in [0, 0.05) is 18.7 Å². The van der Waals surface area contributed by atoms with E-state index in [4.69, 9.17) is 9.84 Å². The van der Waals surface area contributed by atoms with Gasteiger partial charge in [0.05, 0.1) is 6.61 Å². The molecular formula is C9H10N2O4. The zero-order valence-electron chi connectivity index (χ0n) is 7.90. The maximum atomic E-state index is 11.3. The summed E-state index contributed by atoms with van der Waals surface area (Å²) in [7, 11) is 0. The van der Waals surface area contributed by atoms with E-state index in [1.807, 2.05) is 0 Å². The van der Waals surface area contributed by atoms with E-state index in [2.05, 4.69) is 9.97 Å². The van der Waals surface area contributed by atoms with Gasteiger partial charge in [-0.25, -0.2) is 9.78 Å². The van der Waals surface area contributed by atoms with Crippen LogP contribution >= 0.6 is 0 Å². The van der Waals surface area contributed by atoms with Gasteiger partial charge in [0.1, 0.15) is 11.4 Å². The summed E-state index contributed by atoms with van der Waals surface area (Å²) in [6.45, 7) is 1.17. The average molecular weight is 210 g/mol. The van der Waals surface area contributed by atoms with Gasteiger partial charge in [0.15, 0.2) is 0 Å². The Balaban J connectivity index is 2.32. The first-order valence-corrected chi connectivity index (χ1v) is 4.58. The molecule has 0 spiro atoms. The van der Waals surface area contributed by atoms with E-state index in [-0.39, 0.29) is 11.5 Å². The number of carbonyl (C=O) groups is 1. The molecule has 0 radical (unpaired) electrons. The van der Waals surface area contributed by atoms with Crippen LogP contribution in [-0.2, 0) is 4.74 Å². The summed E-state index contributed by atoms with van der Waals surface area (Å²) in [5.74, 6) is -0.694. The molecule has 1 saturated heterocycles. The predicted molar refractivity (Wildman–Crippen MR) is 50.0 cm³/mol. The molecular weight excluding hydrogens is 200 g/mol. The number of hydrogen-bond acceptors (Lipinski definition) is 4. The number of carboxylic acids is 1. The number of aromatic amines is 1. The number of aromatic carboxylic acids is 1. The molecule has 1 unspecified atom stereocenters. The number of carboxylic acid groups (broad SMARTS) is 1. The van der Waals surface area contributed by atoms with Crippen molar-refractivity contribution in [3.8, 4) is 0 Å². The summed E-state index contributed by atoms with van der Waals surface area (Å²) in [6.07, 6.45) is 1.89. The minimum atomic E-state index is -1.27. The Hall–Kier alpha value is -1.69. The van der Waals surface area contributed by atoms with Crippen LogP contribution in [0.3, 0.4) is 0 Å². The quantitative estimate of drug-likeness (QED) is 0.715. The van der Waals surface area contributed by atoms with Crippen LogP contribution in [0.25, 0.3) is 0 Å². The molecule has 6 nitrogen and oxygen atoms in total. The first-order valence-electron chi connectivity index (χ1n) is 4.58. The van der Waals surface area contributed by atoms with Gasteiger partial charge < -0.3 is 14.8 Å². The SMILES string of the molecule is O=C(O)c1cnc(C2CCOC2)[nH]c1=O. The summed E-state index contributed by atoms with van der Waals surface area (Å²) in [6, 6.07) is 0. The first kappa shape index (κ1) is 9.85. The molecule has 0 saturated carbocycles. The Kier molecular flexibility index (Phi) is 2.51. The molecule has 0 bridgehead atoms. The van der Waals surface area contributed by atoms with E-state index >= 15 is 0 Å². The Morgan fingerprint density at radius 3 is 3.00 bits per heavy atom. The number of nitrogens with zero attached hydrogens (tertiary/aromatic N) is 1. The zero-order chi connectivity index (χ0) is 10.8. The third kappa shape index (κ3) is 1.89. The molecule has 2 heterocycles.